The first-order valence-corrected chi connectivity index (χ1v) is 8.41. The maximum absolute atomic E-state index is 13.1. The fraction of sp³-hybridized carbons (Fsp3) is 0.211. The van der Waals surface area contributed by atoms with Gasteiger partial charge in [-0.3, -0.25) is 9.69 Å². The molecule has 0 bridgehead atoms. The summed E-state index contributed by atoms with van der Waals surface area (Å²) in [6, 6.07) is 14.6. The molecule has 0 radical (unpaired) electrons. The Kier molecular flexibility index (Phi) is 3.77. The number of ether oxygens (including phenoxy) is 1. The molecule has 0 spiro atoms. The summed E-state index contributed by atoms with van der Waals surface area (Å²) < 4.78 is 4.84. The molecule has 25 heavy (non-hydrogen) atoms. The van der Waals surface area contributed by atoms with E-state index in [1.54, 1.807) is 24.3 Å². The Hall–Kier alpha value is -2.73. The van der Waals surface area contributed by atoms with Gasteiger partial charge in [0.2, 0.25) is 0 Å². The van der Waals surface area contributed by atoms with Crippen molar-refractivity contribution in [2.24, 2.45) is 0 Å². The van der Waals surface area contributed by atoms with Crippen molar-refractivity contribution in [3.05, 3.63) is 65.2 Å². The normalized spacial score (nSPS) is 18.8. The third kappa shape index (κ3) is 2.41. The van der Waals surface area contributed by atoms with E-state index in [-0.39, 0.29) is 11.9 Å². The third-order valence-electron chi connectivity index (χ3n) is 4.74. The molecule has 0 aliphatic carbocycles. The van der Waals surface area contributed by atoms with Gasteiger partial charge in [0.1, 0.15) is 6.04 Å². The van der Waals surface area contributed by atoms with E-state index >= 15 is 0 Å². The van der Waals surface area contributed by atoms with E-state index in [2.05, 4.69) is 6.07 Å². The first-order valence-electron chi connectivity index (χ1n) is 8.00. The summed E-state index contributed by atoms with van der Waals surface area (Å²) in [7, 11) is 1.32. The predicted molar refractivity (Wildman–Crippen MR) is 97.3 cm³/mol. The Morgan fingerprint density at radius 2 is 1.80 bits per heavy atom. The highest BCUT2D eigenvalue weighted by Gasteiger charge is 2.46. The maximum atomic E-state index is 13.1. The minimum Gasteiger partial charge on any atom is -0.465 e. The summed E-state index contributed by atoms with van der Waals surface area (Å²) in [4.78, 5) is 28.6. The van der Waals surface area contributed by atoms with E-state index in [0.29, 0.717) is 29.3 Å². The third-order valence-corrected chi connectivity index (χ3v) is 5.16. The molecule has 1 saturated heterocycles. The molecule has 5 nitrogen and oxygen atoms in total. The van der Waals surface area contributed by atoms with Crippen LogP contribution in [0, 0.1) is 0 Å². The lowest BCUT2D eigenvalue weighted by atomic mass is 9.95. The predicted octanol–water partition coefficient (Wildman–Crippen LogP) is 2.53. The molecule has 1 amide bonds. The number of carbonyl (C=O) groups is 2. The number of fused-ring (bicyclic) bond motifs is 2. The molecule has 126 valence electrons. The Morgan fingerprint density at radius 1 is 1.12 bits per heavy atom. The molecule has 0 unspecified atom stereocenters. The molecule has 0 saturated carbocycles. The van der Waals surface area contributed by atoms with Crippen molar-refractivity contribution < 1.29 is 14.3 Å². The van der Waals surface area contributed by atoms with E-state index in [4.69, 9.17) is 17.0 Å². The van der Waals surface area contributed by atoms with E-state index in [0.717, 1.165) is 0 Å². The summed E-state index contributed by atoms with van der Waals surface area (Å²) in [6.07, 6.45) is 0.617. The fourth-order valence-electron chi connectivity index (χ4n) is 3.49. The van der Waals surface area contributed by atoms with Crippen LogP contribution >= 0.6 is 12.2 Å². The second kappa shape index (κ2) is 5.97. The van der Waals surface area contributed by atoms with Gasteiger partial charge in [0.25, 0.3) is 5.91 Å². The van der Waals surface area contributed by atoms with Gasteiger partial charge in [0.15, 0.2) is 5.11 Å². The number of amides is 1. The average Bonchev–Trinajstić information content (AvgIpc) is 2.89. The Bertz CT molecular complexity index is 853. The lowest BCUT2D eigenvalue weighted by Gasteiger charge is -2.30. The molecular formula is C19H16N2O3S. The molecule has 0 aromatic heterocycles. The van der Waals surface area contributed by atoms with Crippen LogP contribution in [0.25, 0.3) is 0 Å². The van der Waals surface area contributed by atoms with Crippen LogP contribution in [0.2, 0.25) is 0 Å². The van der Waals surface area contributed by atoms with Crippen molar-refractivity contribution in [3.63, 3.8) is 0 Å². The van der Waals surface area contributed by atoms with Crippen LogP contribution in [0.15, 0.2) is 48.5 Å². The number of nitrogens with zero attached hydrogens (tertiary/aromatic N) is 2. The maximum Gasteiger partial charge on any atom is 0.339 e. The van der Waals surface area contributed by atoms with Crippen LogP contribution in [0.1, 0.15) is 21.5 Å². The largest absolute Gasteiger partial charge is 0.465 e. The van der Waals surface area contributed by atoms with Crippen LogP contribution in [0.4, 0.5) is 5.69 Å². The minimum absolute atomic E-state index is 0.101. The first kappa shape index (κ1) is 15.8. The monoisotopic (exact) mass is 352 g/mol. The van der Waals surface area contributed by atoms with Crippen LogP contribution in [0.3, 0.4) is 0 Å². The summed E-state index contributed by atoms with van der Waals surface area (Å²) in [5, 5.41) is 0.431. The van der Waals surface area contributed by atoms with Crippen molar-refractivity contribution in [2.75, 3.05) is 12.0 Å². The standard InChI is InChI=1S/C19H16N2O3S/c1-24-18(23)14-8-4-5-9-15(14)21-17(22)16-10-12-6-2-3-7-13(12)11-20(16)19(21)25/h2-9,16H,10-11H2,1H3/t16-/m1/s1. The molecule has 2 aromatic carbocycles. The Morgan fingerprint density at radius 3 is 2.56 bits per heavy atom. The van der Waals surface area contributed by atoms with Gasteiger partial charge in [-0.25, -0.2) is 4.79 Å². The zero-order valence-electron chi connectivity index (χ0n) is 13.6. The van der Waals surface area contributed by atoms with Crippen molar-refractivity contribution >= 4 is 34.9 Å². The first-order chi connectivity index (χ1) is 12.1. The number of rotatable bonds is 2. The summed E-state index contributed by atoms with van der Waals surface area (Å²) in [5.74, 6) is -0.588. The average molecular weight is 352 g/mol. The highest BCUT2D eigenvalue weighted by molar-refractivity contribution is 7.80. The van der Waals surface area contributed by atoms with E-state index in [9.17, 15) is 9.59 Å². The van der Waals surface area contributed by atoms with Crippen LogP contribution < -0.4 is 4.90 Å². The molecule has 2 aliphatic rings. The zero-order chi connectivity index (χ0) is 17.6. The Balaban J connectivity index is 1.75. The van der Waals surface area contributed by atoms with Crippen LogP contribution in [-0.2, 0) is 22.5 Å². The quantitative estimate of drug-likeness (QED) is 0.614. The molecule has 2 aliphatic heterocycles. The molecule has 6 heteroatoms. The van der Waals surface area contributed by atoms with Crippen LogP contribution in [0.5, 0.6) is 0 Å². The minimum atomic E-state index is -0.487. The smallest absolute Gasteiger partial charge is 0.339 e. The molecular weight excluding hydrogens is 336 g/mol. The molecule has 1 atom stereocenters. The lowest BCUT2D eigenvalue weighted by molar-refractivity contribution is -0.119. The molecule has 0 N–H and O–H groups in total. The fourth-order valence-corrected chi connectivity index (χ4v) is 3.87. The van der Waals surface area contributed by atoms with Crippen molar-refractivity contribution in [1.29, 1.82) is 0 Å². The number of esters is 1. The van der Waals surface area contributed by atoms with Crippen molar-refractivity contribution in [1.82, 2.24) is 4.90 Å². The molecule has 2 aromatic rings. The lowest BCUT2D eigenvalue weighted by Crippen LogP contribution is -2.39. The molecule has 1 fully saturated rings. The van der Waals surface area contributed by atoms with E-state index < -0.39 is 5.97 Å². The highest BCUT2D eigenvalue weighted by Crippen LogP contribution is 2.34. The second-order valence-electron chi connectivity index (χ2n) is 6.08. The number of thiocarbonyl (C=S) groups is 1. The van der Waals surface area contributed by atoms with Crippen LogP contribution in [-0.4, -0.2) is 35.0 Å². The van der Waals surface area contributed by atoms with Gasteiger partial charge in [0.05, 0.1) is 18.4 Å². The van der Waals surface area contributed by atoms with Gasteiger partial charge in [-0.15, -0.1) is 0 Å². The number of para-hydroxylation sites is 1. The SMILES string of the molecule is COC(=O)c1ccccc1N1C(=O)[C@H]2Cc3ccccc3CN2C1=S. The van der Waals surface area contributed by atoms with Gasteiger partial charge < -0.3 is 9.64 Å². The van der Waals surface area contributed by atoms with Gasteiger partial charge in [-0.1, -0.05) is 36.4 Å². The van der Waals surface area contributed by atoms with E-state index in [1.165, 1.54) is 23.1 Å². The van der Waals surface area contributed by atoms with Gasteiger partial charge in [-0.05, 0) is 35.5 Å². The molecule has 4 rings (SSSR count). The summed E-state index contributed by atoms with van der Waals surface area (Å²) >= 11 is 5.59. The Labute approximate surface area is 150 Å². The number of hydrogen-bond acceptors (Lipinski definition) is 4. The van der Waals surface area contributed by atoms with E-state index in [1.807, 2.05) is 23.1 Å². The number of hydrogen-bond donors (Lipinski definition) is 0. The zero-order valence-corrected chi connectivity index (χ0v) is 14.5. The van der Waals surface area contributed by atoms with Gasteiger partial charge in [0, 0.05) is 13.0 Å². The number of carbonyl (C=O) groups excluding carboxylic acids is 2. The number of benzene rings is 2. The topological polar surface area (TPSA) is 49.9 Å². The molecule has 2 heterocycles. The highest BCUT2D eigenvalue weighted by atomic mass is 32.1. The van der Waals surface area contributed by atoms with Crippen molar-refractivity contribution in [3.8, 4) is 0 Å². The number of anilines is 1. The second-order valence-corrected chi connectivity index (χ2v) is 6.45. The van der Waals surface area contributed by atoms with Crippen molar-refractivity contribution in [2.45, 2.75) is 19.0 Å². The number of methoxy groups -OCH3 is 1. The van der Waals surface area contributed by atoms with Gasteiger partial charge in [-0.2, -0.15) is 0 Å². The summed E-state index contributed by atoms with van der Waals surface area (Å²) in [6.45, 7) is 0.600. The van der Waals surface area contributed by atoms with Gasteiger partial charge >= 0.3 is 5.97 Å². The summed E-state index contributed by atoms with van der Waals surface area (Å²) in [5.41, 5.74) is 3.15.